The minimum atomic E-state index is -4.28. The summed E-state index contributed by atoms with van der Waals surface area (Å²) in [4.78, 5) is 4.67. The zero-order valence-corrected chi connectivity index (χ0v) is 18.3. The molecule has 27 heavy (non-hydrogen) atoms. The van der Waals surface area contributed by atoms with Crippen LogP contribution in [-0.4, -0.2) is 8.42 Å². The Labute approximate surface area is 175 Å². The molecule has 0 amide bonds. The second-order valence-corrected chi connectivity index (χ2v) is 9.01. The van der Waals surface area contributed by atoms with Crippen LogP contribution in [0.5, 0.6) is 0 Å². The molecule has 2 aromatic carbocycles. The molecule has 0 aliphatic rings. The Morgan fingerprint density at radius 1 is 1.07 bits per heavy atom. The van der Waals surface area contributed by atoms with E-state index in [9.17, 15) is 8.42 Å². The summed E-state index contributed by atoms with van der Waals surface area (Å²) in [5.74, 6) is -0.0591. The van der Waals surface area contributed by atoms with Crippen molar-refractivity contribution in [3.63, 3.8) is 0 Å². The molecule has 0 heterocycles. The van der Waals surface area contributed by atoms with Gasteiger partial charge in [-0.1, -0.05) is 84.9 Å². The summed E-state index contributed by atoms with van der Waals surface area (Å²) in [6, 6.07) is 8.61. The van der Waals surface area contributed by atoms with E-state index < -0.39 is 10.1 Å². The molecule has 0 aromatic heterocycles. The van der Waals surface area contributed by atoms with E-state index in [4.69, 9.17) is 44.0 Å². The van der Waals surface area contributed by atoms with Crippen LogP contribution in [0.1, 0.15) is 49.3 Å². The molecule has 4 nitrogen and oxygen atoms in total. The number of benzene rings is 2. The average Bonchev–Trinajstić information content (AvgIpc) is 2.60. The smallest absolute Gasteiger partial charge is 0.215 e. The van der Waals surface area contributed by atoms with Gasteiger partial charge in [0.05, 0.1) is 15.1 Å². The summed E-state index contributed by atoms with van der Waals surface area (Å²) in [6.07, 6.45) is 1.67. The molecule has 0 radical (unpaired) electrons. The van der Waals surface area contributed by atoms with E-state index in [0.29, 0.717) is 5.56 Å². The van der Waals surface area contributed by atoms with Gasteiger partial charge in [-0.05, 0) is 36.5 Å². The van der Waals surface area contributed by atoms with Crippen molar-refractivity contribution in [1.29, 1.82) is 0 Å². The van der Waals surface area contributed by atoms with Gasteiger partial charge in [-0.25, -0.2) is 4.89 Å². The maximum atomic E-state index is 12.6. The first-order valence-electron chi connectivity index (χ1n) is 8.46. The van der Waals surface area contributed by atoms with Crippen LogP contribution in [0.15, 0.2) is 35.2 Å². The third-order valence-electron chi connectivity index (χ3n) is 4.12. The molecule has 0 spiro atoms. The minimum absolute atomic E-state index is 0.00397. The predicted molar refractivity (Wildman–Crippen MR) is 109 cm³/mol. The molecule has 0 aliphatic carbocycles. The van der Waals surface area contributed by atoms with E-state index in [1.165, 1.54) is 6.07 Å². The monoisotopic (exact) mass is 450 g/mol. The van der Waals surface area contributed by atoms with Crippen molar-refractivity contribution < 1.29 is 17.6 Å². The Bertz CT molecular complexity index is 896. The van der Waals surface area contributed by atoms with Crippen LogP contribution in [0.25, 0.3) is 0 Å². The lowest BCUT2D eigenvalue weighted by atomic mass is 9.96. The van der Waals surface area contributed by atoms with Gasteiger partial charge in [0.15, 0.2) is 0 Å². The summed E-state index contributed by atoms with van der Waals surface area (Å²) in [6.45, 7) is 5.85. The summed E-state index contributed by atoms with van der Waals surface area (Å²) in [5, 5.41) is 0.353. The molecular formula is C19H21Cl3O4S. The fourth-order valence-corrected chi connectivity index (χ4v) is 4.79. The van der Waals surface area contributed by atoms with E-state index in [-0.39, 0.29) is 32.5 Å². The molecule has 8 heteroatoms. The van der Waals surface area contributed by atoms with Gasteiger partial charge in [-0.2, -0.15) is 8.42 Å². The fourth-order valence-electron chi connectivity index (χ4n) is 2.67. The van der Waals surface area contributed by atoms with E-state index in [1.54, 1.807) is 0 Å². The van der Waals surface area contributed by atoms with E-state index in [1.807, 2.05) is 45.0 Å². The summed E-state index contributed by atoms with van der Waals surface area (Å²) >= 11 is 18.8. The van der Waals surface area contributed by atoms with Crippen LogP contribution in [0.4, 0.5) is 0 Å². The highest BCUT2D eigenvalue weighted by Crippen LogP contribution is 2.42. The summed E-state index contributed by atoms with van der Waals surface area (Å²) in [5.41, 5.74) is 2.35. The molecule has 1 atom stereocenters. The topological polar surface area (TPSA) is 52.6 Å². The summed E-state index contributed by atoms with van der Waals surface area (Å²) < 4.78 is 29.8. The Balaban J connectivity index is 2.25. The quantitative estimate of drug-likeness (QED) is 0.255. The van der Waals surface area contributed by atoms with Crippen LogP contribution in [0.2, 0.25) is 15.1 Å². The standard InChI is InChI=1S/C19H21Cl3O4S/c1-4-5-13(3)17-18(21)15(20)10-16(19(17)22)27(23,24)26-25-11-14-8-6-12(2)7-9-14/h6-10,13H,4-5,11H2,1-3H3. The van der Waals surface area contributed by atoms with Crippen molar-refractivity contribution in [2.45, 2.75) is 51.0 Å². The molecular weight excluding hydrogens is 431 g/mol. The molecule has 0 saturated carbocycles. The molecule has 2 aromatic rings. The van der Waals surface area contributed by atoms with Crippen LogP contribution in [0.3, 0.4) is 0 Å². The lowest BCUT2D eigenvalue weighted by molar-refractivity contribution is -0.212. The zero-order valence-electron chi connectivity index (χ0n) is 15.3. The molecule has 2 rings (SSSR count). The maximum absolute atomic E-state index is 12.6. The average molecular weight is 452 g/mol. The first kappa shape index (κ1) is 22.5. The van der Waals surface area contributed by atoms with Crippen LogP contribution >= 0.6 is 34.8 Å². The van der Waals surface area contributed by atoms with Crippen molar-refractivity contribution in [2.24, 2.45) is 0 Å². The lowest BCUT2D eigenvalue weighted by Crippen LogP contribution is -2.10. The Hall–Kier alpha value is -0.820. The SMILES string of the molecule is CCCC(C)c1c(Cl)c(Cl)cc(S(=O)(=O)OOCc2ccc(C)cc2)c1Cl. The minimum Gasteiger partial charge on any atom is -0.215 e. The van der Waals surface area contributed by atoms with Crippen molar-refractivity contribution in [3.05, 3.63) is 62.1 Å². The van der Waals surface area contributed by atoms with Crippen molar-refractivity contribution in [3.8, 4) is 0 Å². The van der Waals surface area contributed by atoms with Gasteiger partial charge in [0.25, 0.3) is 0 Å². The van der Waals surface area contributed by atoms with Crippen molar-refractivity contribution in [2.75, 3.05) is 0 Å². The van der Waals surface area contributed by atoms with Crippen LogP contribution in [0, 0.1) is 6.92 Å². The highest BCUT2D eigenvalue weighted by Gasteiger charge is 2.27. The lowest BCUT2D eigenvalue weighted by Gasteiger charge is -2.18. The summed E-state index contributed by atoms with van der Waals surface area (Å²) in [7, 11) is -4.28. The van der Waals surface area contributed by atoms with E-state index in [0.717, 1.165) is 24.0 Å². The molecule has 0 bridgehead atoms. The molecule has 0 fully saturated rings. The van der Waals surface area contributed by atoms with Gasteiger partial charge in [0.1, 0.15) is 11.5 Å². The number of halogens is 3. The highest BCUT2D eigenvalue weighted by molar-refractivity contribution is 7.86. The van der Waals surface area contributed by atoms with E-state index in [2.05, 4.69) is 0 Å². The second kappa shape index (κ2) is 9.59. The van der Waals surface area contributed by atoms with Gasteiger partial charge >= 0.3 is 10.1 Å². The van der Waals surface area contributed by atoms with E-state index >= 15 is 0 Å². The predicted octanol–water partition coefficient (Wildman–Crippen LogP) is 6.70. The second-order valence-electron chi connectivity index (χ2n) is 6.36. The first-order chi connectivity index (χ1) is 12.7. The van der Waals surface area contributed by atoms with Gasteiger partial charge in [-0.3, -0.25) is 0 Å². The van der Waals surface area contributed by atoms with Crippen molar-refractivity contribution in [1.82, 2.24) is 0 Å². The maximum Gasteiger partial charge on any atom is 0.324 e. The van der Waals surface area contributed by atoms with Crippen molar-refractivity contribution >= 4 is 44.9 Å². The van der Waals surface area contributed by atoms with Crippen LogP contribution in [-0.2, 0) is 25.9 Å². The number of rotatable bonds is 8. The third-order valence-corrected chi connectivity index (χ3v) is 6.58. The molecule has 148 valence electrons. The Kier molecular flexibility index (Phi) is 7.98. The Morgan fingerprint density at radius 3 is 2.30 bits per heavy atom. The molecule has 0 aliphatic heterocycles. The first-order valence-corrected chi connectivity index (χ1v) is 11.0. The normalized spacial score (nSPS) is 13.0. The van der Waals surface area contributed by atoms with Gasteiger partial charge in [0.2, 0.25) is 0 Å². The fraction of sp³-hybridized carbons (Fsp3) is 0.368. The number of hydrogen-bond donors (Lipinski definition) is 0. The molecule has 0 saturated heterocycles. The van der Waals surface area contributed by atoms with Crippen LogP contribution < -0.4 is 0 Å². The molecule has 0 N–H and O–H groups in total. The Morgan fingerprint density at radius 2 is 1.70 bits per heavy atom. The zero-order chi connectivity index (χ0) is 20.2. The van der Waals surface area contributed by atoms with Gasteiger partial charge < -0.3 is 0 Å². The molecule has 1 unspecified atom stereocenters. The highest BCUT2D eigenvalue weighted by atomic mass is 35.5. The van der Waals surface area contributed by atoms with Gasteiger partial charge in [0, 0.05) is 0 Å². The largest absolute Gasteiger partial charge is 0.324 e. The number of hydrogen-bond acceptors (Lipinski definition) is 4. The number of aryl methyl sites for hydroxylation is 1. The van der Waals surface area contributed by atoms with Gasteiger partial charge in [-0.15, -0.1) is 4.33 Å². The third kappa shape index (κ3) is 5.59.